The van der Waals surface area contributed by atoms with Crippen LogP contribution in [0.3, 0.4) is 0 Å². The molecule has 25 heavy (non-hydrogen) atoms. The maximum atomic E-state index is 10.7. The number of hydrogen-bond acceptors (Lipinski definition) is 3. The van der Waals surface area contributed by atoms with Crippen LogP contribution in [-0.2, 0) is 0 Å². The van der Waals surface area contributed by atoms with Gasteiger partial charge in [0.2, 0.25) is 0 Å². The van der Waals surface area contributed by atoms with E-state index in [0.29, 0.717) is 17.7 Å². The number of nitrogens with one attached hydrogen (secondary N) is 2. The Kier molecular flexibility index (Phi) is 7.63. The molecule has 1 aliphatic carbocycles. The molecule has 1 aromatic carbocycles. The zero-order chi connectivity index (χ0) is 18.3. The van der Waals surface area contributed by atoms with E-state index in [1.807, 2.05) is 11.8 Å². The lowest BCUT2D eigenvalue weighted by atomic mass is 9.79. The summed E-state index contributed by atoms with van der Waals surface area (Å²) >= 11 is 1.85. The molecule has 3 unspecified atom stereocenters. The van der Waals surface area contributed by atoms with Gasteiger partial charge in [-0.2, -0.15) is 11.8 Å². The summed E-state index contributed by atoms with van der Waals surface area (Å²) in [4.78, 5) is 4.65. The molecular weight excluding hydrogens is 330 g/mol. The van der Waals surface area contributed by atoms with Gasteiger partial charge in [0.25, 0.3) is 0 Å². The molecule has 0 bridgehead atoms. The molecule has 3 atom stereocenters. The lowest BCUT2D eigenvalue weighted by molar-refractivity contribution is -0.0154. The van der Waals surface area contributed by atoms with Gasteiger partial charge in [-0.15, -0.1) is 0 Å². The quantitative estimate of drug-likeness (QED) is 0.490. The third-order valence-corrected chi connectivity index (χ3v) is 6.29. The molecule has 0 amide bonds. The fourth-order valence-corrected chi connectivity index (χ4v) is 4.23. The number of aryl methyl sites for hydroxylation is 1. The standard InChI is InChI=1S/C20H33N3OS/c1-5-21-19(23-14-20(24)12-11-18(20)25-6-2)22-13-16(4)17-9-7-15(3)8-10-17/h7-10,16,18,24H,5-6,11-14H2,1-4H3,(H2,21,22,23). The minimum Gasteiger partial charge on any atom is -0.387 e. The van der Waals surface area contributed by atoms with Crippen molar-refractivity contribution in [1.82, 2.24) is 10.6 Å². The summed E-state index contributed by atoms with van der Waals surface area (Å²) in [6, 6.07) is 8.69. The van der Waals surface area contributed by atoms with Gasteiger partial charge < -0.3 is 15.7 Å². The molecule has 0 spiro atoms. The Hall–Kier alpha value is -1.20. The van der Waals surface area contributed by atoms with Crippen LogP contribution in [-0.4, -0.2) is 47.3 Å². The van der Waals surface area contributed by atoms with E-state index >= 15 is 0 Å². The number of nitrogens with zero attached hydrogens (tertiary/aromatic N) is 1. The smallest absolute Gasteiger partial charge is 0.191 e. The topological polar surface area (TPSA) is 56.7 Å². The van der Waals surface area contributed by atoms with Crippen LogP contribution in [0.1, 0.15) is 50.7 Å². The molecule has 1 fully saturated rings. The fraction of sp³-hybridized carbons (Fsp3) is 0.650. The SMILES string of the molecule is CCNC(=NCC1(O)CCC1SCC)NCC(C)c1ccc(C)cc1. The molecule has 0 aromatic heterocycles. The summed E-state index contributed by atoms with van der Waals surface area (Å²) in [5.41, 5.74) is 1.98. The number of rotatable bonds is 8. The van der Waals surface area contributed by atoms with Gasteiger partial charge in [-0.3, -0.25) is 4.99 Å². The highest BCUT2D eigenvalue weighted by Gasteiger charge is 2.45. The molecular formula is C20H33N3OS. The highest BCUT2D eigenvalue weighted by atomic mass is 32.2. The summed E-state index contributed by atoms with van der Waals surface area (Å²) in [5, 5.41) is 17.8. The second-order valence-corrected chi connectivity index (χ2v) is 8.45. The lowest BCUT2D eigenvalue weighted by Gasteiger charge is -2.44. The van der Waals surface area contributed by atoms with Gasteiger partial charge in [0.15, 0.2) is 5.96 Å². The van der Waals surface area contributed by atoms with E-state index in [1.54, 1.807) is 0 Å². The van der Waals surface area contributed by atoms with Gasteiger partial charge in [-0.05, 0) is 43.9 Å². The first-order valence-corrected chi connectivity index (χ1v) is 10.5. The van der Waals surface area contributed by atoms with E-state index in [-0.39, 0.29) is 0 Å². The Bertz CT molecular complexity index is 561. The third-order valence-electron chi connectivity index (χ3n) is 4.88. The number of thioether (sulfide) groups is 1. The highest BCUT2D eigenvalue weighted by Crippen LogP contribution is 2.41. The number of aliphatic imine (C=N–C) groups is 1. The van der Waals surface area contributed by atoms with E-state index in [9.17, 15) is 5.11 Å². The van der Waals surface area contributed by atoms with Crippen molar-refractivity contribution >= 4 is 17.7 Å². The van der Waals surface area contributed by atoms with Crippen LogP contribution in [0, 0.1) is 6.92 Å². The average Bonchev–Trinajstić information content (AvgIpc) is 2.61. The largest absolute Gasteiger partial charge is 0.387 e. The highest BCUT2D eigenvalue weighted by molar-refractivity contribution is 8.00. The molecule has 0 heterocycles. The van der Waals surface area contributed by atoms with Crippen molar-refractivity contribution in [3.8, 4) is 0 Å². The number of benzene rings is 1. The molecule has 5 heteroatoms. The maximum Gasteiger partial charge on any atom is 0.191 e. The van der Waals surface area contributed by atoms with E-state index in [0.717, 1.165) is 37.6 Å². The van der Waals surface area contributed by atoms with Gasteiger partial charge >= 0.3 is 0 Å². The zero-order valence-corrected chi connectivity index (χ0v) is 16.8. The van der Waals surface area contributed by atoms with Crippen LogP contribution in [0.2, 0.25) is 0 Å². The van der Waals surface area contributed by atoms with Crippen LogP contribution < -0.4 is 10.6 Å². The number of aliphatic hydroxyl groups is 1. The van der Waals surface area contributed by atoms with Gasteiger partial charge in [0.05, 0.1) is 12.1 Å². The first-order valence-electron chi connectivity index (χ1n) is 9.41. The molecule has 140 valence electrons. The monoisotopic (exact) mass is 363 g/mol. The van der Waals surface area contributed by atoms with Crippen molar-refractivity contribution in [3.05, 3.63) is 35.4 Å². The van der Waals surface area contributed by atoms with Crippen LogP contribution >= 0.6 is 11.8 Å². The summed E-state index contributed by atoms with van der Waals surface area (Å²) in [6.45, 7) is 10.6. The van der Waals surface area contributed by atoms with E-state index in [1.165, 1.54) is 11.1 Å². The predicted molar refractivity (Wildman–Crippen MR) is 110 cm³/mol. The van der Waals surface area contributed by atoms with Crippen molar-refractivity contribution in [1.29, 1.82) is 0 Å². The average molecular weight is 364 g/mol. The van der Waals surface area contributed by atoms with Crippen molar-refractivity contribution in [2.75, 3.05) is 25.4 Å². The summed E-state index contributed by atoms with van der Waals surface area (Å²) in [7, 11) is 0. The van der Waals surface area contributed by atoms with Crippen molar-refractivity contribution in [2.24, 2.45) is 4.99 Å². The molecule has 1 aromatic rings. The summed E-state index contributed by atoms with van der Waals surface area (Å²) in [5.74, 6) is 2.24. The molecule has 0 radical (unpaired) electrons. The van der Waals surface area contributed by atoms with Crippen molar-refractivity contribution in [2.45, 2.75) is 57.3 Å². The third kappa shape index (κ3) is 5.65. The second-order valence-electron chi connectivity index (χ2n) is 6.97. The van der Waals surface area contributed by atoms with Crippen LogP contribution in [0.4, 0.5) is 0 Å². The Morgan fingerprint density at radius 2 is 2.04 bits per heavy atom. The summed E-state index contributed by atoms with van der Waals surface area (Å²) in [6.07, 6.45) is 1.95. The molecule has 0 aliphatic heterocycles. The molecule has 3 N–H and O–H groups in total. The van der Waals surface area contributed by atoms with Crippen LogP contribution in [0.15, 0.2) is 29.3 Å². The normalized spacial score (nSPS) is 24.5. The number of hydrogen-bond donors (Lipinski definition) is 3. The number of guanidine groups is 1. The predicted octanol–water partition coefficient (Wildman–Crippen LogP) is 3.30. The maximum absolute atomic E-state index is 10.7. The zero-order valence-electron chi connectivity index (χ0n) is 16.0. The van der Waals surface area contributed by atoms with E-state index < -0.39 is 5.60 Å². The van der Waals surface area contributed by atoms with Gasteiger partial charge in [-0.25, -0.2) is 0 Å². The van der Waals surface area contributed by atoms with Crippen LogP contribution in [0.5, 0.6) is 0 Å². The Morgan fingerprint density at radius 1 is 1.32 bits per heavy atom. The van der Waals surface area contributed by atoms with Crippen molar-refractivity contribution < 1.29 is 5.11 Å². The van der Waals surface area contributed by atoms with E-state index in [4.69, 9.17) is 0 Å². The fourth-order valence-electron chi connectivity index (χ4n) is 3.04. The van der Waals surface area contributed by atoms with E-state index in [2.05, 4.69) is 67.6 Å². The Balaban J connectivity index is 1.90. The molecule has 0 saturated heterocycles. The lowest BCUT2D eigenvalue weighted by Crippen LogP contribution is -2.53. The Labute approximate surface area is 156 Å². The van der Waals surface area contributed by atoms with Crippen LogP contribution in [0.25, 0.3) is 0 Å². The van der Waals surface area contributed by atoms with Crippen molar-refractivity contribution in [3.63, 3.8) is 0 Å². The van der Waals surface area contributed by atoms with Gasteiger partial charge in [0.1, 0.15) is 0 Å². The Morgan fingerprint density at radius 3 is 2.60 bits per heavy atom. The first kappa shape index (κ1) is 20.1. The molecule has 1 saturated carbocycles. The first-order chi connectivity index (χ1) is 12.0. The molecule has 2 rings (SSSR count). The minimum atomic E-state index is -0.633. The summed E-state index contributed by atoms with van der Waals surface area (Å²) < 4.78 is 0. The van der Waals surface area contributed by atoms with Gasteiger partial charge in [-0.1, -0.05) is 43.7 Å². The molecule has 4 nitrogen and oxygen atoms in total. The minimum absolute atomic E-state index is 0.329. The van der Waals surface area contributed by atoms with Gasteiger partial charge in [0, 0.05) is 18.3 Å². The molecule has 1 aliphatic rings. The second kappa shape index (κ2) is 9.48.